The van der Waals surface area contributed by atoms with Crippen LogP contribution in [0.25, 0.3) is 0 Å². The lowest BCUT2D eigenvalue weighted by Crippen LogP contribution is -2.42. The molecule has 0 saturated carbocycles. The molecule has 6 heteroatoms. The Kier molecular flexibility index (Phi) is 6.09. The van der Waals surface area contributed by atoms with Crippen molar-refractivity contribution >= 4 is 10.0 Å². The molecule has 26 heavy (non-hydrogen) atoms. The lowest BCUT2D eigenvalue weighted by atomic mass is 10.1. The van der Waals surface area contributed by atoms with Gasteiger partial charge in [0.05, 0.1) is 4.90 Å². The van der Waals surface area contributed by atoms with Crippen molar-refractivity contribution in [3.8, 4) is 0 Å². The Morgan fingerprint density at radius 3 is 2.27 bits per heavy atom. The molecule has 0 amide bonds. The van der Waals surface area contributed by atoms with Gasteiger partial charge in [-0.25, -0.2) is 8.42 Å². The van der Waals surface area contributed by atoms with Gasteiger partial charge in [-0.05, 0) is 30.2 Å². The van der Waals surface area contributed by atoms with E-state index >= 15 is 0 Å². The lowest BCUT2D eigenvalue weighted by molar-refractivity contribution is 0.233. The van der Waals surface area contributed by atoms with Crippen LogP contribution in [0.3, 0.4) is 0 Å². The fraction of sp³-hybridized carbons (Fsp3) is 0.400. The number of hydrogen-bond acceptors (Lipinski definition) is 4. The molecule has 1 saturated heterocycles. The van der Waals surface area contributed by atoms with Gasteiger partial charge in [0.2, 0.25) is 10.0 Å². The van der Waals surface area contributed by atoms with E-state index in [-0.39, 0.29) is 6.04 Å². The summed E-state index contributed by atoms with van der Waals surface area (Å²) in [5, 5.41) is 3.34. The molecule has 2 aromatic rings. The Hall–Kier alpha value is -1.73. The zero-order chi connectivity index (χ0) is 18.6. The third-order valence-corrected chi connectivity index (χ3v) is 6.99. The van der Waals surface area contributed by atoms with Gasteiger partial charge in [-0.15, -0.1) is 0 Å². The van der Waals surface area contributed by atoms with Crippen molar-refractivity contribution in [3.05, 3.63) is 65.7 Å². The Morgan fingerprint density at radius 2 is 1.65 bits per heavy atom. The average Bonchev–Trinajstić information content (AvgIpc) is 2.68. The van der Waals surface area contributed by atoms with Crippen molar-refractivity contribution in [2.24, 2.45) is 0 Å². The number of nitrogens with one attached hydrogen (secondary N) is 1. The molecule has 1 N–H and O–H groups in total. The minimum absolute atomic E-state index is 0.221. The van der Waals surface area contributed by atoms with E-state index in [1.807, 2.05) is 49.4 Å². The van der Waals surface area contributed by atoms with E-state index in [4.69, 9.17) is 0 Å². The van der Waals surface area contributed by atoms with Crippen LogP contribution in [0.15, 0.2) is 59.5 Å². The first-order valence-electron chi connectivity index (χ1n) is 9.03. The summed E-state index contributed by atoms with van der Waals surface area (Å²) in [7, 11) is -1.89. The van der Waals surface area contributed by atoms with Gasteiger partial charge >= 0.3 is 0 Å². The maximum Gasteiger partial charge on any atom is 0.243 e. The van der Waals surface area contributed by atoms with E-state index in [2.05, 4.69) is 10.2 Å². The van der Waals surface area contributed by atoms with Crippen LogP contribution >= 0.6 is 0 Å². The monoisotopic (exact) mass is 373 g/mol. The van der Waals surface area contributed by atoms with E-state index in [0.717, 1.165) is 43.9 Å². The molecule has 1 aliphatic heterocycles. The maximum atomic E-state index is 13.0. The summed E-state index contributed by atoms with van der Waals surface area (Å²) in [5.41, 5.74) is 2.12. The summed E-state index contributed by atoms with van der Waals surface area (Å²) in [6.45, 7) is 6.84. The van der Waals surface area contributed by atoms with Gasteiger partial charge in [0.1, 0.15) is 0 Å². The first-order chi connectivity index (χ1) is 12.5. The third kappa shape index (κ3) is 4.32. The first-order valence-corrected chi connectivity index (χ1v) is 10.5. The molecule has 2 aromatic carbocycles. The molecule has 0 spiro atoms. The predicted octanol–water partition coefficient (Wildman–Crippen LogP) is 2.47. The number of benzene rings is 2. The number of hydrogen-bond donors (Lipinski definition) is 1. The fourth-order valence-corrected chi connectivity index (χ4v) is 4.56. The second-order valence-corrected chi connectivity index (χ2v) is 8.78. The van der Waals surface area contributed by atoms with Gasteiger partial charge in [-0.2, -0.15) is 4.31 Å². The van der Waals surface area contributed by atoms with Gasteiger partial charge in [-0.3, -0.25) is 4.90 Å². The highest BCUT2D eigenvalue weighted by Crippen LogP contribution is 2.25. The zero-order valence-electron chi connectivity index (χ0n) is 15.4. The highest BCUT2D eigenvalue weighted by atomic mass is 32.2. The number of rotatable bonds is 6. The zero-order valence-corrected chi connectivity index (χ0v) is 16.2. The normalized spacial score (nSPS) is 17.3. The molecule has 3 rings (SSSR count). The van der Waals surface area contributed by atoms with Crippen molar-refractivity contribution in [3.63, 3.8) is 0 Å². The summed E-state index contributed by atoms with van der Waals surface area (Å²) >= 11 is 0. The molecule has 140 valence electrons. The number of sulfonamides is 1. The Morgan fingerprint density at radius 1 is 1.04 bits per heavy atom. The van der Waals surface area contributed by atoms with Crippen molar-refractivity contribution in [1.29, 1.82) is 0 Å². The molecule has 0 radical (unpaired) electrons. The van der Waals surface area contributed by atoms with E-state index in [0.29, 0.717) is 4.90 Å². The summed E-state index contributed by atoms with van der Waals surface area (Å²) < 4.78 is 27.3. The molecule has 5 nitrogen and oxygen atoms in total. The largest absolute Gasteiger partial charge is 0.314 e. The van der Waals surface area contributed by atoms with Crippen LogP contribution in [0.1, 0.15) is 24.1 Å². The van der Waals surface area contributed by atoms with E-state index < -0.39 is 10.0 Å². The van der Waals surface area contributed by atoms with Crippen molar-refractivity contribution < 1.29 is 8.42 Å². The van der Waals surface area contributed by atoms with Gasteiger partial charge in [0, 0.05) is 45.8 Å². The average molecular weight is 374 g/mol. The minimum atomic E-state index is -3.53. The SMILES string of the molecule is CC(c1ccccc1)N(C)S(=O)(=O)c1ccc(CN2CCNCC2)cc1. The van der Waals surface area contributed by atoms with Crippen LogP contribution in [0, 0.1) is 0 Å². The van der Waals surface area contributed by atoms with E-state index in [1.54, 1.807) is 19.2 Å². The number of piperazine rings is 1. The lowest BCUT2D eigenvalue weighted by Gasteiger charge is -2.27. The van der Waals surface area contributed by atoms with Crippen LogP contribution in [-0.2, 0) is 16.6 Å². The Labute approximate surface area is 156 Å². The Bertz CT molecular complexity index is 801. The summed E-state index contributed by atoms with van der Waals surface area (Å²) in [6.07, 6.45) is 0. The molecule has 0 aliphatic carbocycles. The van der Waals surface area contributed by atoms with Crippen molar-refractivity contribution in [1.82, 2.24) is 14.5 Å². The van der Waals surface area contributed by atoms with Crippen molar-refractivity contribution in [2.45, 2.75) is 24.4 Å². The standard InChI is InChI=1S/C20H27N3O2S/c1-17(19-6-4-3-5-7-19)22(2)26(24,25)20-10-8-18(9-11-20)16-23-14-12-21-13-15-23/h3-11,17,21H,12-16H2,1-2H3. The number of nitrogens with zero attached hydrogens (tertiary/aromatic N) is 2. The molecule has 0 aromatic heterocycles. The first kappa shape index (κ1) is 19.0. The van der Waals surface area contributed by atoms with Gasteiger partial charge in [0.15, 0.2) is 0 Å². The third-order valence-electron chi connectivity index (χ3n) is 5.04. The molecule has 1 unspecified atom stereocenters. The molecule has 1 aliphatic rings. The predicted molar refractivity (Wildman–Crippen MR) is 104 cm³/mol. The molecule has 0 bridgehead atoms. The summed E-state index contributed by atoms with van der Waals surface area (Å²) in [4.78, 5) is 2.72. The van der Waals surface area contributed by atoms with E-state index in [9.17, 15) is 8.42 Å². The van der Waals surface area contributed by atoms with Gasteiger partial charge in [-0.1, -0.05) is 42.5 Å². The van der Waals surface area contributed by atoms with Crippen LogP contribution in [0.2, 0.25) is 0 Å². The highest BCUT2D eigenvalue weighted by molar-refractivity contribution is 7.89. The smallest absolute Gasteiger partial charge is 0.243 e. The summed E-state index contributed by atoms with van der Waals surface area (Å²) in [6, 6.07) is 16.8. The second kappa shape index (κ2) is 8.31. The van der Waals surface area contributed by atoms with E-state index in [1.165, 1.54) is 4.31 Å². The Balaban J connectivity index is 1.72. The molecule has 1 fully saturated rings. The highest BCUT2D eigenvalue weighted by Gasteiger charge is 2.26. The molecule has 1 atom stereocenters. The van der Waals surface area contributed by atoms with Gasteiger partial charge < -0.3 is 5.32 Å². The molecular weight excluding hydrogens is 346 g/mol. The maximum absolute atomic E-state index is 13.0. The van der Waals surface area contributed by atoms with Crippen LogP contribution in [-0.4, -0.2) is 50.8 Å². The minimum Gasteiger partial charge on any atom is -0.314 e. The molecular formula is C20H27N3O2S. The molecule has 1 heterocycles. The van der Waals surface area contributed by atoms with Crippen LogP contribution < -0.4 is 5.32 Å². The van der Waals surface area contributed by atoms with Crippen molar-refractivity contribution in [2.75, 3.05) is 33.2 Å². The van der Waals surface area contributed by atoms with Crippen LogP contribution in [0.5, 0.6) is 0 Å². The fourth-order valence-electron chi connectivity index (χ4n) is 3.21. The second-order valence-electron chi connectivity index (χ2n) is 6.78. The summed E-state index contributed by atoms with van der Waals surface area (Å²) in [5.74, 6) is 0. The quantitative estimate of drug-likeness (QED) is 0.845. The van der Waals surface area contributed by atoms with Gasteiger partial charge in [0.25, 0.3) is 0 Å². The van der Waals surface area contributed by atoms with Crippen LogP contribution in [0.4, 0.5) is 0 Å². The topological polar surface area (TPSA) is 52.7 Å².